The van der Waals surface area contributed by atoms with Crippen molar-refractivity contribution in [3.8, 4) is 0 Å². The summed E-state index contributed by atoms with van der Waals surface area (Å²) in [6.07, 6.45) is 0.492. The molecule has 2 rings (SSSR count). The first-order chi connectivity index (χ1) is 9.10. The van der Waals surface area contributed by atoms with Crippen molar-refractivity contribution >= 4 is 31.9 Å². The summed E-state index contributed by atoms with van der Waals surface area (Å²) < 4.78 is 15.6. The minimum absolute atomic E-state index is 0.147. The molecule has 5 heteroatoms. The quantitative estimate of drug-likeness (QED) is 0.612. The van der Waals surface area contributed by atoms with E-state index in [1.165, 1.54) is 6.07 Å². The van der Waals surface area contributed by atoms with Crippen molar-refractivity contribution in [3.63, 3.8) is 0 Å². The zero-order valence-electron chi connectivity index (χ0n) is 10.0. The van der Waals surface area contributed by atoms with E-state index in [-0.39, 0.29) is 11.9 Å². The van der Waals surface area contributed by atoms with E-state index in [2.05, 4.69) is 37.3 Å². The molecule has 2 aromatic carbocycles. The molecular weight excluding hydrogens is 375 g/mol. The number of nitrogens with one attached hydrogen (secondary N) is 1. The van der Waals surface area contributed by atoms with Gasteiger partial charge in [-0.1, -0.05) is 50.1 Å². The van der Waals surface area contributed by atoms with Crippen LogP contribution >= 0.6 is 31.9 Å². The van der Waals surface area contributed by atoms with Gasteiger partial charge in [0, 0.05) is 8.95 Å². The smallest absolute Gasteiger partial charge is 0.126 e. The number of halogens is 3. The van der Waals surface area contributed by atoms with Crippen LogP contribution in [0, 0.1) is 5.82 Å². The van der Waals surface area contributed by atoms with Crippen molar-refractivity contribution in [3.05, 3.63) is 68.4 Å². The molecule has 0 heterocycles. The molecule has 0 bridgehead atoms. The topological polar surface area (TPSA) is 38.0 Å². The summed E-state index contributed by atoms with van der Waals surface area (Å²) in [7, 11) is 0. The van der Waals surface area contributed by atoms with Crippen molar-refractivity contribution in [1.82, 2.24) is 5.43 Å². The Morgan fingerprint density at radius 1 is 1.11 bits per heavy atom. The molecule has 0 aliphatic carbocycles. The van der Waals surface area contributed by atoms with E-state index in [1.54, 1.807) is 12.1 Å². The van der Waals surface area contributed by atoms with E-state index in [1.807, 2.05) is 24.3 Å². The van der Waals surface area contributed by atoms with Gasteiger partial charge in [-0.2, -0.15) is 0 Å². The van der Waals surface area contributed by atoms with Gasteiger partial charge in [0.05, 0.1) is 6.04 Å². The second-order valence-electron chi connectivity index (χ2n) is 4.22. The molecule has 1 atom stereocenters. The second-order valence-corrected chi connectivity index (χ2v) is 6.05. The Hall–Kier alpha value is -0.750. The summed E-state index contributed by atoms with van der Waals surface area (Å²) in [5.74, 6) is 5.39. The third-order valence-corrected chi connectivity index (χ3v) is 3.79. The molecule has 3 N–H and O–H groups in total. The lowest BCUT2D eigenvalue weighted by molar-refractivity contribution is 0.529. The lowest BCUT2D eigenvalue weighted by Crippen LogP contribution is -2.29. The van der Waals surface area contributed by atoms with Crippen LogP contribution in [0.4, 0.5) is 4.39 Å². The molecule has 0 saturated carbocycles. The fourth-order valence-electron chi connectivity index (χ4n) is 1.93. The Balaban J connectivity index is 2.28. The van der Waals surface area contributed by atoms with Crippen LogP contribution in [0.3, 0.4) is 0 Å². The molecule has 0 saturated heterocycles. The van der Waals surface area contributed by atoms with Gasteiger partial charge < -0.3 is 0 Å². The van der Waals surface area contributed by atoms with Gasteiger partial charge in [-0.15, -0.1) is 0 Å². The van der Waals surface area contributed by atoms with Crippen LogP contribution in [-0.2, 0) is 6.42 Å². The average molecular weight is 388 g/mol. The van der Waals surface area contributed by atoms with Gasteiger partial charge in [0.25, 0.3) is 0 Å². The normalized spacial score (nSPS) is 12.4. The van der Waals surface area contributed by atoms with E-state index in [4.69, 9.17) is 5.84 Å². The van der Waals surface area contributed by atoms with Gasteiger partial charge >= 0.3 is 0 Å². The molecule has 0 aliphatic heterocycles. The summed E-state index contributed by atoms with van der Waals surface area (Å²) in [6, 6.07) is 12.5. The molecule has 0 amide bonds. The molecule has 0 aromatic heterocycles. The van der Waals surface area contributed by atoms with Gasteiger partial charge in [-0.05, 0) is 41.8 Å². The maximum Gasteiger partial charge on any atom is 0.126 e. The minimum atomic E-state index is -0.211. The third kappa shape index (κ3) is 3.86. The molecule has 19 heavy (non-hydrogen) atoms. The summed E-state index contributed by atoms with van der Waals surface area (Å²) in [4.78, 5) is 0. The van der Waals surface area contributed by atoms with Crippen LogP contribution in [0.15, 0.2) is 51.4 Å². The summed E-state index contributed by atoms with van der Waals surface area (Å²) in [5.41, 5.74) is 4.37. The largest absolute Gasteiger partial charge is 0.271 e. The van der Waals surface area contributed by atoms with Crippen LogP contribution in [0.25, 0.3) is 0 Å². The third-order valence-electron chi connectivity index (χ3n) is 2.87. The highest BCUT2D eigenvalue weighted by Crippen LogP contribution is 2.26. The molecule has 0 aliphatic rings. The van der Waals surface area contributed by atoms with E-state index >= 15 is 0 Å². The number of nitrogens with two attached hydrogens (primary N) is 1. The van der Waals surface area contributed by atoms with E-state index in [0.29, 0.717) is 12.0 Å². The summed E-state index contributed by atoms with van der Waals surface area (Å²) in [5, 5.41) is 0. The van der Waals surface area contributed by atoms with Gasteiger partial charge in [-0.3, -0.25) is 11.3 Å². The lowest BCUT2D eigenvalue weighted by Gasteiger charge is -2.17. The fourth-order valence-corrected chi connectivity index (χ4v) is 3.26. The van der Waals surface area contributed by atoms with Crippen LogP contribution in [0.1, 0.15) is 17.2 Å². The van der Waals surface area contributed by atoms with Crippen LogP contribution in [-0.4, -0.2) is 0 Å². The Bertz CT molecular complexity index is 555. The standard InChI is InChI=1S/C14H13Br2FN2/c15-11-5-10(6-12(16)8-11)14(19-18)7-9-3-1-2-4-13(9)17/h1-6,8,14,19H,7,18H2. The number of hydrogen-bond acceptors (Lipinski definition) is 2. The van der Waals surface area contributed by atoms with E-state index in [0.717, 1.165) is 14.5 Å². The number of benzene rings is 2. The maximum atomic E-state index is 13.7. The average Bonchev–Trinajstić information content (AvgIpc) is 2.36. The van der Waals surface area contributed by atoms with Gasteiger partial charge in [0.2, 0.25) is 0 Å². The highest BCUT2D eigenvalue weighted by Gasteiger charge is 2.14. The van der Waals surface area contributed by atoms with E-state index < -0.39 is 0 Å². The van der Waals surface area contributed by atoms with Gasteiger partial charge in [0.1, 0.15) is 5.82 Å². The predicted octanol–water partition coefficient (Wildman–Crippen LogP) is 4.10. The summed E-state index contributed by atoms with van der Waals surface area (Å²) >= 11 is 6.88. The van der Waals surface area contributed by atoms with Gasteiger partial charge in [0.15, 0.2) is 0 Å². The lowest BCUT2D eigenvalue weighted by atomic mass is 9.99. The molecule has 100 valence electrons. The molecule has 2 nitrogen and oxygen atoms in total. The Labute approximate surface area is 128 Å². The Morgan fingerprint density at radius 2 is 1.74 bits per heavy atom. The number of hydrogen-bond donors (Lipinski definition) is 2. The summed E-state index contributed by atoms with van der Waals surface area (Å²) in [6.45, 7) is 0. The molecule has 0 fully saturated rings. The molecular formula is C14H13Br2FN2. The van der Waals surface area contributed by atoms with Crippen molar-refractivity contribution in [2.24, 2.45) is 5.84 Å². The van der Waals surface area contributed by atoms with Crippen molar-refractivity contribution in [2.45, 2.75) is 12.5 Å². The molecule has 0 spiro atoms. The monoisotopic (exact) mass is 386 g/mol. The Morgan fingerprint density at radius 3 is 2.32 bits per heavy atom. The first-order valence-corrected chi connectivity index (χ1v) is 7.34. The SMILES string of the molecule is NNC(Cc1ccccc1F)c1cc(Br)cc(Br)c1. The molecule has 2 aromatic rings. The highest BCUT2D eigenvalue weighted by molar-refractivity contribution is 9.11. The fraction of sp³-hybridized carbons (Fsp3) is 0.143. The highest BCUT2D eigenvalue weighted by atomic mass is 79.9. The maximum absolute atomic E-state index is 13.7. The predicted molar refractivity (Wildman–Crippen MR) is 82.0 cm³/mol. The molecule has 1 unspecified atom stereocenters. The van der Waals surface area contributed by atoms with Gasteiger partial charge in [-0.25, -0.2) is 4.39 Å². The first-order valence-electron chi connectivity index (χ1n) is 5.75. The zero-order chi connectivity index (χ0) is 13.8. The van der Waals surface area contributed by atoms with Crippen molar-refractivity contribution in [2.75, 3.05) is 0 Å². The van der Waals surface area contributed by atoms with Crippen LogP contribution in [0.5, 0.6) is 0 Å². The van der Waals surface area contributed by atoms with Crippen LogP contribution < -0.4 is 11.3 Å². The van der Waals surface area contributed by atoms with Crippen molar-refractivity contribution < 1.29 is 4.39 Å². The minimum Gasteiger partial charge on any atom is -0.271 e. The first kappa shape index (κ1) is 14.7. The number of hydrazine groups is 1. The van der Waals surface area contributed by atoms with Crippen LogP contribution in [0.2, 0.25) is 0 Å². The number of rotatable bonds is 4. The van der Waals surface area contributed by atoms with E-state index in [9.17, 15) is 4.39 Å². The molecule has 0 radical (unpaired) electrons. The van der Waals surface area contributed by atoms with Crippen molar-refractivity contribution in [1.29, 1.82) is 0 Å². The zero-order valence-corrected chi connectivity index (χ0v) is 13.2. The second kappa shape index (κ2) is 6.61. The Kier molecular flexibility index (Phi) is 5.10.